The number of aryl methyl sites for hydroxylation is 1. The van der Waals surface area contributed by atoms with E-state index in [1.165, 1.54) is 18.2 Å². The monoisotopic (exact) mass is 354 g/mol. The van der Waals surface area contributed by atoms with E-state index in [9.17, 15) is 10.1 Å². The summed E-state index contributed by atoms with van der Waals surface area (Å²) in [5.74, 6) is 0.729. The van der Waals surface area contributed by atoms with Crippen LogP contribution in [-0.2, 0) is 0 Å². The van der Waals surface area contributed by atoms with Gasteiger partial charge in [-0.15, -0.1) is 0 Å². The summed E-state index contributed by atoms with van der Waals surface area (Å²) >= 11 is 5.90. The second-order valence-electron chi connectivity index (χ2n) is 4.91. The van der Waals surface area contributed by atoms with Crippen molar-refractivity contribution in [3.05, 3.63) is 68.9 Å². The minimum atomic E-state index is -0.564. The molecular weight excluding hydrogens is 344 g/mol. The van der Waals surface area contributed by atoms with Crippen molar-refractivity contribution >= 4 is 23.0 Å². The topological polar surface area (TPSA) is 112 Å². The van der Waals surface area contributed by atoms with Crippen molar-refractivity contribution in [3.63, 3.8) is 0 Å². The van der Waals surface area contributed by atoms with Gasteiger partial charge in [0.1, 0.15) is 29.2 Å². The van der Waals surface area contributed by atoms with Crippen molar-refractivity contribution in [3.8, 4) is 23.6 Å². The van der Waals surface area contributed by atoms with Crippen LogP contribution in [0.5, 0.6) is 11.5 Å². The second-order valence-corrected chi connectivity index (χ2v) is 5.35. The summed E-state index contributed by atoms with van der Waals surface area (Å²) in [7, 11) is 0. The Bertz CT molecular complexity index is 926. The van der Waals surface area contributed by atoms with Gasteiger partial charge in [-0.05, 0) is 30.7 Å². The number of rotatable bonds is 5. The van der Waals surface area contributed by atoms with Crippen molar-refractivity contribution < 1.29 is 9.66 Å². The smallest absolute Gasteiger partial charge is 0.275 e. The Balaban J connectivity index is 2.37. The van der Waals surface area contributed by atoms with Crippen LogP contribution >= 0.6 is 11.6 Å². The van der Waals surface area contributed by atoms with Crippen LogP contribution in [0, 0.1) is 39.7 Å². The number of nitriles is 2. The van der Waals surface area contributed by atoms with Crippen LogP contribution in [0.25, 0.3) is 0 Å². The summed E-state index contributed by atoms with van der Waals surface area (Å²) in [6, 6.07) is 12.5. The third-order valence-electron chi connectivity index (χ3n) is 3.09. The molecule has 2 rings (SSSR count). The SMILES string of the molecule is Cc1cc(Cl)ccc1Oc1cc(NC=C(C#N)C#N)cc([N+](=O)[O-])c1. The molecule has 7 nitrogen and oxygen atoms in total. The summed E-state index contributed by atoms with van der Waals surface area (Å²) < 4.78 is 5.70. The third-order valence-corrected chi connectivity index (χ3v) is 3.33. The summed E-state index contributed by atoms with van der Waals surface area (Å²) in [4.78, 5) is 10.5. The molecule has 0 saturated carbocycles. The highest BCUT2D eigenvalue weighted by Crippen LogP contribution is 2.32. The molecule has 0 amide bonds. The first kappa shape index (κ1) is 17.8. The standard InChI is InChI=1S/C17H11ClN4O3/c1-11-4-13(18)2-3-17(11)25-16-6-14(5-15(7-16)22(23)24)21-10-12(8-19)9-20/h2-7,10,21H,1H3. The Labute approximate surface area is 148 Å². The van der Waals surface area contributed by atoms with E-state index in [1.54, 1.807) is 37.3 Å². The van der Waals surface area contributed by atoms with E-state index in [2.05, 4.69) is 5.32 Å². The number of nitro benzene ring substituents is 1. The molecule has 0 spiro atoms. The van der Waals surface area contributed by atoms with E-state index in [1.807, 2.05) is 0 Å². The predicted molar refractivity (Wildman–Crippen MR) is 92.3 cm³/mol. The van der Waals surface area contributed by atoms with Crippen LogP contribution < -0.4 is 10.1 Å². The molecule has 0 fully saturated rings. The molecule has 0 aliphatic carbocycles. The van der Waals surface area contributed by atoms with Crippen LogP contribution in [0.3, 0.4) is 0 Å². The molecule has 0 aromatic heterocycles. The fourth-order valence-electron chi connectivity index (χ4n) is 1.93. The van der Waals surface area contributed by atoms with Gasteiger partial charge in [0.2, 0.25) is 0 Å². The molecule has 0 heterocycles. The molecule has 8 heteroatoms. The fraction of sp³-hybridized carbons (Fsp3) is 0.0588. The molecule has 0 aliphatic heterocycles. The molecule has 1 N–H and O–H groups in total. The zero-order valence-electron chi connectivity index (χ0n) is 13.0. The van der Waals surface area contributed by atoms with Gasteiger partial charge in [0.15, 0.2) is 0 Å². The summed E-state index contributed by atoms with van der Waals surface area (Å²) in [5.41, 5.74) is 0.710. The van der Waals surface area contributed by atoms with E-state index in [4.69, 9.17) is 26.9 Å². The highest BCUT2D eigenvalue weighted by molar-refractivity contribution is 6.30. The lowest BCUT2D eigenvalue weighted by Gasteiger charge is -2.10. The Kier molecular flexibility index (Phi) is 5.57. The van der Waals surface area contributed by atoms with Crippen molar-refractivity contribution in [2.24, 2.45) is 0 Å². The van der Waals surface area contributed by atoms with Gasteiger partial charge in [-0.1, -0.05) is 11.6 Å². The van der Waals surface area contributed by atoms with Gasteiger partial charge < -0.3 is 10.1 Å². The summed E-state index contributed by atoms with van der Waals surface area (Å²) in [6.07, 6.45) is 1.16. The van der Waals surface area contributed by atoms with Crippen LogP contribution in [0.15, 0.2) is 48.2 Å². The van der Waals surface area contributed by atoms with Crippen LogP contribution in [0.2, 0.25) is 5.02 Å². The van der Waals surface area contributed by atoms with Gasteiger partial charge in [-0.3, -0.25) is 10.1 Å². The summed E-state index contributed by atoms with van der Waals surface area (Å²) in [6.45, 7) is 1.80. The predicted octanol–water partition coefficient (Wildman–Crippen LogP) is 4.69. The van der Waals surface area contributed by atoms with Gasteiger partial charge in [0.25, 0.3) is 5.69 Å². The number of nitrogens with one attached hydrogen (secondary N) is 1. The highest BCUT2D eigenvalue weighted by atomic mass is 35.5. The van der Waals surface area contributed by atoms with Crippen molar-refractivity contribution in [1.82, 2.24) is 0 Å². The minimum absolute atomic E-state index is 0.164. The quantitative estimate of drug-likeness (QED) is 0.473. The molecule has 124 valence electrons. The zero-order chi connectivity index (χ0) is 18.4. The molecule has 0 radical (unpaired) electrons. The summed E-state index contributed by atoms with van der Waals surface area (Å²) in [5, 5.41) is 31.8. The molecule has 2 aromatic carbocycles. The van der Waals surface area contributed by atoms with Crippen LogP contribution in [-0.4, -0.2) is 4.92 Å². The van der Waals surface area contributed by atoms with E-state index in [0.29, 0.717) is 16.5 Å². The van der Waals surface area contributed by atoms with E-state index < -0.39 is 4.92 Å². The maximum Gasteiger partial charge on any atom is 0.275 e. The zero-order valence-corrected chi connectivity index (χ0v) is 13.7. The average Bonchev–Trinajstić information content (AvgIpc) is 2.58. The Hall–Kier alpha value is -3.55. The number of benzene rings is 2. The molecule has 0 saturated heterocycles. The third kappa shape index (κ3) is 4.71. The van der Waals surface area contributed by atoms with Crippen LogP contribution in [0.4, 0.5) is 11.4 Å². The molecule has 2 aromatic rings. The number of nitro groups is 1. The first-order valence-electron chi connectivity index (χ1n) is 6.93. The molecular formula is C17H11ClN4O3. The lowest BCUT2D eigenvalue weighted by molar-refractivity contribution is -0.384. The maximum absolute atomic E-state index is 11.1. The number of hydrogen-bond acceptors (Lipinski definition) is 6. The molecule has 25 heavy (non-hydrogen) atoms. The van der Waals surface area contributed by atoms with E-state index >= 15 is 0 Å². The minimum Gasteiger partial charge on any atom is -0.457 e. The van der Waals surface area contributed by atoms with Gasteiger partial charge >= 0.3 is 0 Å². The number of allylic oxidation sites excluding steroid dienone is 1. The average molecular weight is 355 g/mol. The van der Waals surface area contributed by atoms with Gasteiger partial charge in [0, 0.05) is 29.0 Å². The number of hydrogen-bond donors (Lipinski definition) is 1. The first-order chi connectivity index (χ1) is 11.9. The fourth-order valence-corrected chi connectivity index (χ4v) is 2.16. The number of nitrogens with zero attached hydrogens (tertiary/aromatic N) is 3. The Morgan fingerprint density at radius 2 is 2.00 bits per heavy atom. The van der Waals surface area contributed by atoms with Crippen molar-refractivity contribution in [1.29, 1.82) is 10.5 Å². The molecule has 0 aliphatic rings. The van der Waals surface area contributed by atoms with E-state index in [0.717, 1.165) is 11.8 Å². The highest BCUT2D eigenvalue weighted by Gasteiger charge is 2.12. The normalized spacial score (nSPS) is 9.44. The Morgan fingerprint density at radius 1 is 1.28 bits per heavy atom. The number of halogens is 1. The molecule has 0 bridgehead atoms. The van der Waals surface area contributed by atoms with Crippen molar-refractivity contribution in [2.45, 2.75) is 6.92 Å². The van der Waals surface area contributed by atoms with E-state index in [-0.39, 0.29) is 17.0 Å². The largest absolute Gasteiger partial charge is 0.457 e. The number of anilines is 1. The van der Waals surface area contributed by atoms with Crippen molar-refractivity contribution in [2.75, 3.05) is 5.32 Å². The maximum atomic E-state index is 11.1. The van der Waals surface area contributed by atoms with Gasteiger partial charge in [-0.25, -0.2) is 0 Å². The first-order valence-corrected chi connectivity index (χ1v) is 7.31. The lowest BCUT2D eigenvalue weighted by atomic mass is 10.2. The van der Waals surface area contributed by atoms with Crippen LogP contribution in [0.1, 0.15) is 5.56 Å². The number of ether oxygens (including phenoxy) is 1. The Morgan fingerprint density at radius 3 is 2.60 bits per heavy atom. The molecule has 0 atom stereocenters. The van der Waals surface area contributed by atoms with Gasteiger partial charge in [-0.2, -0.15) is 10.5 Å². The molecule has 0 unspecified atom stereocenters. The van der Waals surface area contributed by atoms with Gasteiger partial charge in [0.05, 0.1) is 11.0 Å². The number of non-ortho nitro benzene ring substituents is 1. The lowest BCUT2D eigenvalue weighted by Crippen LogP contribution is -1.95. The second kappa shape index (κ2) is 7.82.